The minimum atomic E-state index is -0.156. The van der Waals surface area contributed by atoms with E-state index < -0.39 is 0 Å². The van der Waals surface area contributed by atoms with E-state index in [4.69, 9.17) is 0 Å². The van der Waals surface area contributed by atoms with Gasteiger partial charge in [-0.2, -0.15) is 0 Å². The quantitative estimate of drug-likeness (QED) is 0.708. The third-order valence-corrected chi connectivity index (χ3v) is 1.83. The summed E-state index contributed by atoms with van der Waals surface area (Å²) >= 11 is 2.94. The molecule has 1 rings (SSSR count). The summed E-state index contributed by atoms with van der Waals surface area (Å²) in [5.74, 6) is -0.156. The molecular weight excluding hydrogens is 207 g/mol. The Morgan fingerprint density at radius 1 is 1.36 bits per heavy atom. The smallest absolute Gasteiger partial charge is 0.111 e. The van der Waals surface area contributed by atoms with Gasteiger partial charge in [-0.05, 0) is 5.56 Å². The summed E-state index contributed by atoms with van der Waals surface area (Å²) < 4.78 is 12.6. The van der Waals surface area contributed by atoms with Crippen molar-refractivity contribution in [3.05, 3.63) is 46.7 Å². The minimum absolute atomic E-state index is 0.156. The molecule has 2 heteroatoms. The van der Waals surface area contributed by atoms with Crippen LogP contribution in [0.1, 0.15) is 5.56 Å². The molecule has 0 fully saturated rings. The average molecular weight is 215 g/mol. The van der Waals surface area contributed by atoms with E-state index in [1.54, 1.807) is 0 Å². The molecule has 0 saturated heterocycles. The highest BCUT2D eigenvalue weighted by atomic mass is 79.9. The Hall–Kier alpha value is -0.630. The summed E-state index contributed by atoms with van der Waals surface area (Å²) in [4.78, 5) is 1.31. The van der Waals surface area contributed by atoms with E-state index in [2.05, 4.69) is 15.9 Å². The van der Waals surface area contributed by atoms with Gasteiger partial charge in [-0.15, -0.1) is 0 Å². The lowest BCUT2D eigenvalue weighted by atomic mass is 10.1. The van der Waals surface area contributed by atoms with Gasteiger partial charge in [0.25, 0.3) is 0 Å². The Bertz CT molecular complexity index is 241. The number of hydrogen-bond donors (Lipinski definition) is 0. The molecular formula is C9H8BrF. The van der Waals surface area contributed by atoms with Crippen molar-refractivity contribution in [1.82, 2.24) is 0 Å². The highest BCUT2D eigenvalue weighted by molar-refractivity contribution is 9.11. The van der Waals surface area contributed by atoms with Crippen LogP contribution < -0.4 is 0 Å². The van der Waals surface area contributed by atoms with Crippen molar-refractivity contribution < 1.29 is 4.39 Å². The summed E-state index contributed by atoms with van der Waals surface area (Å²) in [7, 11) is 0. The SMILES string of the molecule is F/C(=C\Br)Cc1ccccc1. The van der Waals surface area contributed by atoms with Crippen molar-refractivity contribution in [3.8, 4) is 0 Å². The van der Waals surface area contributed by atoms with Crippen molar-refractivity contribution in [2.45, 2.75) is 6.42 Å². The first kappa shape index (κ1) is 8.47. The molecule has 0 atom stereocenters. The maximum Gasteiger partial charge on any atom is 0.111 e. The molecule has 0 aliphatic heterocycles. The molecule has 0 aromatic heterocycles. The van der Waals surface area contributed by atoms with Gasteiger partial charge in [0.1, 0.15) is 5.83 Å². The molecule has 58 valence electrons. The molecule has 0 nitrogen and oxygen atoms in total. The highest BCUT2D eigenvalue weighted by Gasteiger charge is 1.94. The van der Waals surface area contributed by atoms with E-state index in [-0.39, 0.29) is 5.83 Å². The van der Waals surface area contributed by atoms with Gasteiger partial charge in [0.15, 0.2) is 0 Å². The van der Waals surface area contributed by atoms with Crippen molar-refractivity contribution in [1.29, 1.82) is 0 Å². The molecule has 0 unspecified atom stereocenters. The lowest BCUT2D eigenvalue weighted by Crippen LogP contribution is -1.82. The maximum absolute atomic E-state index is 12.6. The second-order valence-corrected chi connectivity index (χ2v) is 2.68. The monoisotopic (exact) mass is 214 g/mol. The topological polar surface area (TPSA) is 0 Å². The van der Waals surface area contributed by atoms with Gasteiger partial charge in [-0.25, -0.2) is 4.39 Å². The van der Waals surface area contributed by atoms with Crippen LogP contribution in [0.3, 0.4) is 0 Å². The predicted molar refractivity (Wildman–Crippen MR) is 48.3 cm³/mol. The molecule has 0 aliphatic carbocycles. The van der Waals surface area contributed by atoms with E-state index in [0.717, 1.165) is 5.56 Å². The van der Waals surface area contributed by atoms with Crippen molar-refractivity contribution in [3.63, 3.8) is 0 Å². The fourth-order valence-corrected chi connectivity index (χ4v) is 0.991. The Kier molecular flexibility index (Phi) is 3.30. The first-order valence-corrected chi connectivity index (χ1v) is 4.23. The fourth-order valence-electron chi connectivity index (χ4n) is 0.829. The van der Waals surface area contributed by atoms with Crippen LogP contribution in [-0.2, 0) is 6.42 Å². The van der Waals surface area contributed by atoms with Gasteiger partial charge >= 0.3 is 0 Å². The van der Waals surface area contributed by atoms with Gasteiger partial charge < -0.3 is 0 Å². The molecule has 0 aliphatic rings. The summed E-state index contributed by atoms with van der Waals surface area (Å²) in [5, 5.41) is 0. The van der Waals surface area contributed by atoms with Crippen LogP contribution >= 0.6 is 15.9 Å². The fraction of sp³-hybridized carbons (Fsp3) is 0.111. The lowest BCUT2D eigenvalue weighted by molar-refractivity contribution is 0.615. The predicted octanol–water partition coefficient (Wildman–Crippen LogP) is 3.43. The van der Waals surface area contributed by atoms with Crippen LogP contribution in [0.2, 0.25) is 0 Å². The van der Waals surface area contributed by atoms with E-state index in [1.807, 2.05) is 30.3 Å². The molecule has 11 heavy (non-hydrogen) atoms. The molecule has 1 aromatic rings. The Labute approximate surface area is 73.9 Å². The summed E-state index contributed by atoms with van der Waals surface area (Å²) in [6.45, 7) is 0. The molecule has 1 aromatic carbocycles. The normalized spacial score (nSPS) is 11.6. The van der Waals surface area contributed by atoms with Crippen molar-refractivity contribution >= 4 is 15.9 Å². The first-order valence-electron chi connectivity index (χ1n) is 3.31. The number of halogens is 2. The molecule has 0 bridgehead atoms. The molecule has 0 saturated carbocycles. The lowest BCUT2D eigenvalue weighted by Gasteiger charge is -1.95. The zero-order valence-electron chi connectivity index (χ0n) is 5.93. The number of allylic oxidation sites excluding steroid dienone is 1. The van der Waals surface area contributed by atoms with E-state index in [0.29, 0.717) is 6.42 Å². The number of hydrogen-bond acceptors (Lipinski definition) is 0. The van der Waals surface area contributed by atoms with Crippen LogP contribution in [0, 0.1) is 0 Å². The van der Waals surface area contributed by atoms with Crippen LogP contribution in [0.15, 0.2) is 41.1 Å². The Balaban J connectivity index is 2.65. The van der Waals surface area contributed by atoms with Gasteiger partial charge in [0.2, 0.25) is 0 Å². The standard InChI is InChI=1S/C9H8BrF/c10-7-9(11)6-8-4-2-1-3-5-8/h1-5,7H,6H2/b9-7-. The van der Waals surface area contributed by atoms with Crippen LogP contribution in [0.5, 0.6) is 0 Å². The molecule has 0 amide bonds. The maximum atomic E-state index is 12.6. The first-order chi connectivity index (χ1) is 5.33. The third-order valence-electron chi connectivity index (χ3n) is 1.33. The van der Waals surface area contributed by atoms with Gasteiger partial charge in [0, 0.05) is 11.4 Å². The summed E-state index contributed by atoms with van der Waals surface area (Å²) in [6.07, 6.45) is 0.367. The van der Waals surface area contributed by atoms with Gasteiger partial charge in [-0.1, -0.05) is 46.3 Å². The number of rotatable bonds is 2. The van der Waals surface area contributed by atoms with Gasteiger partial charge in [-0.3, -0.25) is 0 Å². The molecule has 0 radical (unpaired) electrons. The summed E-state index contributed by atoms with van der Waals surface area (Å²) in [5.41, 5.74) is 0.987. The third kappa shape index (κ3) is 2.85. The molecule has 0 heterocycles. The van der Waals surface area contributed by atoms with Crippen molar-refractivity contribution in [2.75, 3.05) is 0 Å². The molecule has 0 spiro atoms. The Morgan fingerprint density at radius 2 is 2.00 bits per heavy atom. The molecule has 0 N–H and O–H groups in total. The zero-order valence-corrected chi connectivity index (χ0v) is 7.51. The second-order valence-electron chi connectivity index (χ2n) is 2.22. The average Bonchev–Trinajstić information content (AvgIpc) is 2.06. The largest absolute Gasteiger partial charge is 0.211 e. The minimum Gasteiger partial charge on any atom is -0.211 e. The highest BCUT2D eigenvalue weighted by Crippen LogP contribution is 2.09. The van der Waals surface area contributed by atoms with E-state index >= 15 is 0 Å². The van der Waals surface area contributed by atoms with Crippen LogP contribution in [0.4, 0.5) is 4.39 Å². The summed E-state index contributed by atoms with van der Waals surface area (Å²) in [6, 6.07) is 9.51. The van der Waals surface area contributed by atoms with E-state index in [1.165, 1.54) is 4.99 Å². The van der Waals surface area contributed by atoms with Crippen molar-refractivity contribution in [2.24, 2.45) is 0 Å². The zero-order chi connectivity index (χ0) is 8.10. The van der Waals surface area contributed by atoms with E-state index in [9.17, 15) is 4.39 Å². The second kappa shape index (κ2) is 4.29. The number of benzene rings is 1. The van der Waals surface area contributed by atoms with Gasteiger partial charge in [0.05, 0.1) is 0 Å². The van der Waals surface area contributed by atoms with Crippen LogP contribution in [-0.4, -0.2) is 0 Å². The van der Waals surface area contributed by atoms with Crippen LogP contribution in [0.25, 0.3) is 0 Å². The Morgan fingerprint density at radius 3 is 2.55 bits per heavy atom.